The minimum atomic E-state index is -0.362. The highest BCUT2D eigenvalue weighted by molar-refractivity contribution is 5.84. The van der Waals surface area contributed by atoms with Gasteiger partial charge in [0.1, 0.15) is 5.58 Å². The summed E-state index contributed by atoms with van der Waals surface area (Å²) in [6, 6.07) is 10.1. The second-order valence-electron chi connectivity index (χ2n) is 9.21. The van der Waals surface area contributed by atoms with Crippen molar-refractivity contribution < 1.29 is 13.9 Å². The molecule has 0 aliphatic carbocycles. The molecule has 1 amide bonds. The van der Waals surface area contributed by atoms with Gasteiger partial charge in [-0.2, -0.15) is 0 Å². The van der Waals surface area contributed by atoms with Gasteiger partial charge in [0.05, 0.1) is 6.61 Å². The van der Waals surface area contributed by atoms with Crippen LogP contribution in [-0.2, 0) is 17.6 Å². The summed E-state index contributed by atoms with van der Waals surface area (Å²) in [6.07, 6.45) is 6.62. The van der Waals surface area contributed by atoms with Crippen molar-refractivity contribution in [2.75, 3.05) is 37.7 Å². The Morgan fingerprint density at radius 2 is 1.97 bits per heavy atom. The van der Waals surface area contributed by atoms with Gasteiger partial charge >= 0.3 is 11.7 Å². The minimum absolute atomic E-state index is 0.156. The zero-order chi connectivity index (χ0) is 24.8. The molecule has 7 heteroatoms. The van der Waals surface area contributed by atoms with Crippen LogP contribution in [0.4, 0.5) is 10.5 Å². The van der Waals surface area contributed by atoms with E-state index in [0.717, 1.165) is 49.0 Å². The van der Waals surface area contributed by atoms with Crippen molar-refractivity contribution in [2.24, 2.45) is 5.92 Å². The van der Waals surface area contributed by atoms with Gasteiger partial charge in [-0.15, -0.1) is 0 Å². The molecule has 0 bridgehead atoms. The number of hydrogen-bond donors (Lipinski definition) is 0. The number of aromatic nitrogens is 1. The molecule has 4 rings (SSSR count). The Bertz CT molecular complexity index is 1200. The molecular weight excluding hydrogens is 442 g/mol. The number of aryl methyl sites for hydroxylation is 1. The molecule has 1 aliphatic rings. The van der Waals surface area contributed by atoms with E-state index in [1.807, 2.05) is 31.3 Å². The van der Waals surface area contributed by atoms with Crippen LogP contribution in [0, 0.1) is 12.8 Å². The number of ether oxygens (including phenoxy) is 1. The lowest BCUT2D eigenvalue weighted by Gasteiger charge is -2.31. The van der Waals surface area contributed by atoms with Crippen molar-refractivity contribution in [3.8, 4) is 0 Å². The fourth-order valence-electron chi connectivity index (χ4n) is 4.96. The van der Waals surface area contributed by atoms with Crippen molar-refractivity contribution >= 4 is 22.7 Å². The summed E-state index contributed by atoms with van der Waals surface area (Å²) in [5.74, 6) is 0.551. The molecule has 0 spiro atoms. The number of hydrogen-bond acceptors (Lipinski definition) is 6. The summed E-state index contributed by atoms with van der Waals surface area (Å²) in [5, 5.41) is 0.914. The quantitative estimate of drug-likeness (QED) is 0.426. The monoisotopic (exact) mass is 477 g/mol. The van der Waals surface area contributed by atoms with E-state index < -0.39 is 0 Å². The maximum atomic E-state index is 12.7. The topological polar surface area (TPSA) is 75.9 Å². The lowest BCUT2D eigenvalue weighted by atomic mass is 9.91. The first kappa shape index (κ1) is 24.8. The van der Waals surface area contributed by atoms with E-state index in [1.54, 1.807) is 11.1 Å². The first-order valence-electron chi connectivity index (χ1n) is 12.6. The van der Waals surface area contributed by atoms with Crippen LogP contribution in [0.5, 0.6) is 0 Å². The van der Waals surface area contributed by atoms with Crippen molar-refractivity contribution in [2.45, 2.75) is 46.5 Å². The number of benzene rings is 1. The van der Waals surface area contributed by atoms with Crippen LogP contribution >= 0.6 is 0 Å². The average molecular weight is 478 g/mol. The van der Waals surface area contributed by atoms with Crippen LogP contribution in [0.1, 0.15) is 43.4 Å². The van der Waals surface area contributed by atoms with E-state index in [-0.39, 0.29) is 18.3 Å². The first-order chi connectivity index (χ1) is 17.0. The highest BCUT2D eigenvalue weighted by Crippen LogP contribution is 2.26. The maximum absolute atomic E-state index is 12.7. The molecule has 3 aromatic rings. The predicted molar refractivity (Wildman–Crippen MR) is 138 cm³/mol. The van der Waals surface area contributed by atoms with E-state index in [0.29, 0.717) is 36.6 Å². The van der Waals surface area contributed by atoms with Crippen LogP contribution in [0.15, 0.2) is 51.9 Å². The molecule has 1 aliphatic heterocycles. The summed E-state index contributed by atoms with van der Waals surface area (Å²) in [7, 11) is 0. The number of anilines is 1. The lowest BCUT2D eigenvalue weighted by molar-refractivity contribution is 0.0884. The van der Waals surface area contributed by atoms with Gasteiger partial charge in [0.2, 0.25) is 0 Å². The number of pyridine rings is 1. The molecule has 35 heavy (non-hydrogen) atoms. The Balaban J connectivity index is 1.32. The molecule has 0 saturated carbocycles. The van der Waals surface area contributed by atoms with E-state index >= 15 is 0 Å². The zero-order valence-corrected chi connectivity index (χ0v) is 21.0. The van der Waals surface area contributed by atoms with Gasteiger partial charge in [-0.1, -0.05) is 6.07 Å². The summed E-state index contributed by atoms with van der Waals surface area (Å²) in [4.78, 5) is 33.4. The van der Waals surface area contributed by atoms with Crippen molar-refractivity contribution in [1.82, 2.24) is 9.88 Å². The number of fused-ring (bicyclic) bond motifs is 1. The van der Waals surface area contributed by atoms with Gasteiger partial charge in [0.25, 0.3) is 0 Å². The molecule has 0 radical (unpaired) electrons. The number of carbonyl (C=O) groups excluding carboxylic acids is 1. The van der Waals surface area contributed by atoms with E-state index in [9.17, 15) is 9.59 Å². The summed E-state index contributed by atoms with van der Waals surface area (Å²) in [5.41, 5.74) is 3.95. The van der Waals surface area contributed by atoms with E-state index in [4.69, 9.17) is 9.15 Å². The molecule has 7 nitrogen and oxygen atoms in total. The summed E-state index contributed by atoms with van der Waals surface area (Å²) >= 11 is 0. The van der Waals surface area contributed by atoms with Crippen molar-refractivity contribution in [3.05, 3.63) is 69.8 Å². The lowest BCUT2D eigenvalue weighted by Crippen LogP contribution is -2.39. The molecule has 0 unspecified atom stereocenters. The third kappa shape index (κ3) is 5.84. The average Bonchev–Trinajstić information content (AvgIpc) is 2.87. The fourth-order valence-corrected chi connectivity index (χ4v) is 4.96. The third-order valence-electron chi connectivity index (χ3n) is 7.10. The van der Waals surface area contributed by atoms with Gasteiger partial charge in [-0.05, 0) is 75.3 Å². The molecule has 2 aromatic heterocycles. The largest absolute Gasteiger partial charge is 0.449 e. The number of rotatable bonds is 8. The van der Waals surface area contributed by atoms with Crippen LogP contribution in [0.2, 0.25) is 0 Å². The second kappa shape index (κ2) is 11.4. The molecule has 1 aromatic carbocycles. The molecule has 0 N–H and O–H groups in total. The second-order valence-corrected chi connectivity index (χ2v) is 9.21. The first-order valence-corrected chi connectivity index (χ1v) is 12.6. The number of nitrogens with zero attached hydrogens (tertiary/aromatic N) is 3. The highest BCUT2D eigenvalue weighted by atomic mass is 16.6. The highest BCUT2D eigenvalue weighted by Gasteiger charge is 2.24. The standard InChI is InChI=1S/C28H35N3O4/c1-4-30(5-2)23-8-9-24-20(3)25(27(32)35-26(24)18-23)12-16-34-28(33)31-14-10-21(11-15-31)17-22-7-6-13-29-19-22/h6-9,13,18-19,21H,4-5,10-12,14-17H2,1-3H3. The molecular formula is C28H35N3O4. The van der Waals surface area contributed by atoms with E-state index in [1.165, 1.54) is 5.56 Å². The van der Waals surface area contributed by atoms with Gasteiger partial charge in [0.15, 0.2) is 0 Å². The van der Waals surface area contributed by atoms with Gasteiger partial charge in [-0.25, -0.2) is 9.59 Å². The van der Waals surface area contributed by atoms with E-state index in [2.05, 4.69) is 35.9 Å². The Morgan fingerprint density at radius 3 is 2.66 bits per heavy atom. The Morgan fingerprint density at radius 1 is 1.20 bits per heavy atom. The molecule has 1 fully saturated rings. The minimum Gasteiger partial charge on any atom is -0.449 e. The summed E-state index contributed by atoms with van der Waals surface area (Å²) < 4.78 is 11.2. The number of likely N-dealkylation sites (tertiary alicyclic amines) is 1. The van der Waals surface area contributed by atoms with Crippen LogP contribution in [-0.4, -0.2) is 48.8 Å². The van der Waals surface area contributed by atoms with Crippen LogP contribution < -0.4 is 10.5 Å². The third-order valence-corrected chi connectivity index (χ3v) is 7.10. The number of piperidine rings is 1. The van der Waals surface area contributed by atoms with Crippen molar-refractivity contribution in [3.63, 3.8) is 0 Å². The van der Waals surface area contributed by atoms with Crippen LogP contribution in [0.25, 0.3) is 11.0 Å². The maximum Gasteiger partial charge on any atom is 0.409 e. The van der Waals surface area contributed by atoms with Crippen molar-refractivity contribution in [1.29, 1.82) is 0 Å². The number of amides is 1. The Labute approximate surface area is 206 Å². The molecule has 0 atom stereocenters. The van der Waals surface area contributed by atoms with Crippen LogP contribution in [0.3, 0.4) is 0 Å². The van der Waals surface area contributed by atoms with Gasteiger partial charge in [-0.3, -0.25) is 4.98 Å². The SMILES string of the molecule is CCN(CC)c1ccc2c(C)c(CCOC(=O)N3CCC(Cc4cccnc4)CC3)c(=O)oc2c1. The van der Waals surface area contributed by atoms with Gasteiger partial charge in [0, 0.05) is 67.7 Å². The Hall–Kier alpha value is -3.35. The Kier molecular flexibility index (Phi) is 8.06. The summed E-state index contributed by atoms with van der Waals surface area (Å²) in [6.45, 7) is 9.44. The molecule has 186 valence electrons. The molecule has 3 heterocycles. The smallest absolute Gasteiger partial charge is 0.409 e. The number of carbonyl (C=O) groups is 1. The fraction of sp³-hybridized carbons (Fsp3) is 0.464. The van der Waals surface area contributed by atoms with Gasteiger partial charge < -0.3 is 19.0 Å². The molecule has 1 saturated heterocycles. The zero-order valence-electron chi connectivity index (χ0n) is 21.0. The predicted octanol–water partition coefficient (Wildman–Crippen LogP) is 4.98. The normalized spacial score (nSPS) is 14.3.